The lowest BCUT2D eigenvalue weighted by molar-refractivity contribution is -0.806. The lowest BCUT2D eigenvalue weighted by atomic mass is 10.1. The molecule has 0 aliphatic heterocycles. The zero-order valence-corrected chi connectivity index (χ0v) is 18.2. The van der Waals surface area contributed by atoms with Crippen LogP contribution in [0.4, 0.5) is 5.69 Å². The van der Waals surface area contributed by atoms with E-state index in [1.807, 2.05) is 0 Å². The Morgan fingerprint density at radius 2 is 2.00 bits per heavy atom. The molecular formula is C20H19N5O9. The van der Waals surface area contributed by atoms with Crippen LogP contribution < -0.4 is 24.5 Å². The number of hydrazone groups is 1. The molecule has 1 amide bonds. The first-order valence-electron chi connectivity index (χ1n) is 9.50. The Morgan fingerprint density at radius 1 is 1.26 bits per heavy atom. The van der Waals surface area contributed by atoms with E-state index in [1.54, 1.807) is 6.07 Å². The zero-order chi connectivity index (χ0) is 24.8. The average Bonchev–Trinajstić information content (AvgIpc) is 3.16. The maximum absolute atomic E-state index is 12.1. The second-order valence-electron chi connectivity index (χ2n) is 6.65. The molecule has 0 saturated carbocycles. The number of nitrogens with zero attached hydrogens (tertiary/aromatic N) is 4. The van der Waals surface area contributed by atoms with E-state index in [1.165, 1.54) is 45.6 Å². The predicted molar refractivity (Wildman–Crippen MR) is 115 cm³/mol. The number of hydrogen-bond acceptors (Lipinski definition) is 11. The number of carbonyl (C=O) groups is 1. The van der Waals surface area contributed by atoms with Gasteiger partial charge in [-0.2, -0.15) is 5.10 Å². The molecule has 0 unspecified atom stereocenters. The summed E-state index contributed by atoms with van der Waals surface area (Å²) in [6.07, 6.45) is 1.32. The molecule has 0 saturated heterocycles. The van der Waals surface area contributed by atoms with Gasteiger partial charge < -0.3 is 24.5 Å². The van der Waals surface area contributed by atoms with Gasteiger partial charge in [-0.05, 0) is 28.7 Å². The molecule has 3 aromatic rings. The Labute approximate surface area is 191 Å². The molecule has 0 spiro atoms. The van der Waals surface area contributed by atoms with Crippen molar-refractivity contribution in [3.05, 3.63) is 56.9 Å². The number of amides is 1. The lowest BCUT2D eigenvalue weighted by Crippen LogP contribution is -2.25. The van der Waals surface area contributed by atoms with Gasteiger partial charge in [-0.25, -0.2) is 5.43 Å². The molecule has 1 aromatic heterocycles. The monoisotopic (exact) mass is 473 g/mol. The highest BCUT2D eigenvalue weighted by atomic mass is 16.8. The van der Waals surface area contributed by atoms with E-state index in [0.29, 0.717) is 5.56 Å². The summed E-state index contributed by atoms with van der Waals surface area (Å²) in [6, 6.07) is 6.78. The standard InChI is InChI=1S/C20H19N5O9/c1-11-20(23-34-25(11)30)13-7-17(32-3)18(8-14(13)24(28)29)33-10-19(27)22-21-9-12-4-5-15(26)16(6-12)31-2/h4-9,26H,10H2,1-3H3,(H,22,27)/b21-9+. The van der Waals surface area contributed by atoms with E-state index in [9.17, 15) is 25.2 Å². The Bertz CT molecular complexity index is 1260. The molecule has 0 bridgehead atoms. The van der Waals surface area contributed by atoms with Gasteiger partial charge in [0.1, 0.15) is 5.56 Å². The second kappa shape index (κ2) is 10.2. The van der Waals surface area contributed by atoms with Gasteiger partial charge >= 0.3 is 0 Å². The molecule has 14 heteroatoms. The maximum Gasteiger partial charge on any atom is 0.285 e. The van der Waals surface area contributed by atoms with Crippen molar-refractivity contribution in [3.63, 3.8) is 0 Å². The Kier molecular flexibility index (Phi) is 7.10. The Balaban J connectivity index is 1.73. The fourth-order valence-electron chi connectivity index (χ4n) is 2.83. The van der Waals surface area contributed by atoms with E-state index < -0.39 is 23.1 Å². The van der Waals surface area contributed by atoms with Crippen molar-refractivity contribution in [1.29, 1.82) is 0 Å². The molecule has 0 radical (unpaired) electrons. The summed E-state index contributed by atoms with van der Waals surface area (Å²) >= 11 is 0. The minimum Gasteiger partial charge on any atom is -0.504 e. The van der Waals surface area contributed by atoms with Crippen molar-refractivity contribution in [2.24, 2.45) is 5.10 Å². The molecule has 14 nitrogen and oxygen atoms in total. The average molecular weight is 473 g/mol. The maximum atomic E-state index is 12.1. The molecule has 0 fully saturated rings. The number of nitro benzene ring substituents is 1. The first-order valence-corrected chi connectivity index (χ1v) is 9.50. The fourth-order valence-corrected chi connectivity index (χ4v) is 2.83. The smallest absolute Gasteiger partial charge is 0.285 e. The van der Waals surface area contributed by atoms with Crippen molar-refractivity contribution in [3.8, 4) is 34.3 Å². The molecule has 0 aliphatic carbocycles. The van der Waals surface area contributed by atoms with Crippen LogP contribution in [0.2, 0.25) is 0 Å². The SMILES string of the molecule is COc1cc(/C=N/NC(=O)COc2cc([N+](=O)[O-])c(-c3no[n+]([O-])c3C)cc2OC)ccc1O. The van der Waals surface area contributed by atoms with E-state index in [4.69, 9.17) is 14.2 Å². The summed E-state index contributed by atoms with van der Waals surface area (Å²) in [5.74, 6) is -0.487. The van der Waals surface area contributed by atoms with E-state index >= 15 is 0 Å². The van der Waals surface area contributed by atoms with Crippen LogP contribution >= 0.6 is 0 Å². The van der Waals surface area contributed by atoms with Crippen LogP contribution in [0.25, 0.3) is 11.3 Å². The fraction of sp³-hybridized carbons (Fsp3) is 0.200. The lowest BCUT2D eigenvalue weighted by Gasteiger charge is -2.11. The topological polar surface area (TPSA) is 185 Å². The highest BCUT2D eigenvalue weighted by Gasteiger charge is 2.29. The van der Waals surface area contributed by atoms with Gasteiger partial charge in [0, 0.05) is 18.1 Å². The van der Waals surface area contributed by atoms with E-state index in [-0.39, 0.29) is 44.9 Å². The van der Waals surface area contributed by atoms with Crippen LogP contribution in [-0.4, -0.2) is 48.1 Å². The van der Waals surface area contributed by atoms with Gasteiger partial charge in [0.15, 0.2) is 29.6 Å². The molecule has 2 aromatic carbocycles. The van der Waals surface area contributed by atoms with Crippen LogP contribution in [0, 0.1) is 22.2 Å². The Hall–Kier alpha value is -4.88. The molecule has 1 heterocycles. The number of rotatable bonds is 9. The molecular weight excluding hydrogens is 454 g/mol. The number of phenolic OH excluding ortho intramolecular Hbond substituents is 1. The molecule has 0 aliphatic rings. The summed E-state index contributed by atoms with van der Waals surface area (Å²) < 4.78 is 20.1. The molecule has 178 valence electrons. The minimum atomic E-state index is -0.693. The van der Waals surface area contributed by atoms with Crippen molar-refractivity contribution >= 4 is 17.8 Å². The number of phenols is 1. The minimum absolute atomic E-state index is 0.0160. The van der Waals surface area contributed by atoms with E-state index in [2.05, 4.69) is 20.3 Å². The molecule has 2 N–H and O–H groups in total. The highest BCUT2D eigenvalue weighted by molar-refractivity contribution is 5.84. The van der Waals surface area contributed by atoms with Crippen LogP contribution in [0.5, 0.6) is 23.0 Å². The third-order valence-corrected chi connectivity index (χ3v) is 4.52. The van der Waals surface area contributed by atoms with Crippen LogP contribution in [0.1, 0.15) is 11.3 Å². The number of aromatic hydroxyl groups is 1. The zero-order valence-electron chi connectivity index (χ0n) is 18.2. The van der Waals surface area contributed by atoms with E-state index in [0.717, 1.165) is 6.07 Å². The molecule has 0 atom stereocenters. The second-order valence-corrected chi connectivity index (χ2v) is 6.65. The first kappa shape index (κ1) is 23.8. The van der Waals surface area contributed by atoms with Crippen molar-refractivity contribution in [2.45, 2.75) is 6.92 Å². The van der Waals surface area contributed by atoms with Gasteiger partial charge in [-0.1, -0.05) is 0 Å². The third kappa shape index (κ3) is 5.12. The number of nitrogens with one attached hydrogen (secondary N) is 1. The van der Waals surface area contributed by atoms with Crippen molar-refractivity contribution in [1.82, 2.24) is 10.6 Å². The summed E-state index contributed by atoms with van der Waals surface area (Å²) in [6.45, 7) is 0.852. The third-order valence-electron chi connectivity index (χ3n) is 4.52. The van der Waals surface area contributed by atoms with Crippen LogP contribution in [0.3, 0.4) is 0 Å². The normalized spacial score (nSPS) is 10.8. The van der Waals surface area contributed by atoms with Crippen molar-refractivity contribution in [2.75, 3.05) is 20.8 Å². The van der Waals surface area contributed by atoms with Gasteiger partial charge in [0.05, 0.1) is 31.4 Å². The molecule has 34 heavy (non-hydrogen) atoms. The summed E-state index contributed by atoms with van der Waals surface area (Å²) in [5.41, 5.74) is 2.31. The van der Waals surface area contributed by atoms with Gasteiger partial charge in [0.25, 0.3) is 17.3 Å². The number of aromatic nitrogens is 2. The number of benzene rings is 2. The van der Waals surface area contributed by atoms with Crippen LogP contribution in [0.15, 0.2) is 40.1 Å². The summed E-state index contributed by atoms with van der Waals surface area (Å²) in [5, 5.41) is 40.0. The number of nitro groups is 1. The van der Waals surface area contributed by atoms with Crippen LogP contribution in [-0.2, 0) is 4.79 Å². The number of hydrogen-bond donors (Lipinski definition) is 2. The largest absolute Gasteiger partial charge is 0.504 e. The summed E-state index contributed by atoms with van der Waals surface area (Å²) in [4.78, 5) is 23.1. The molecule has 3 rings (SSSR count). The summed E-state index contributed by atoms with van der Waals surface area (Å²) in [7, 11) is 2.70. The quantitative estimate of drug-likeness (QED) is 0.199. The van der Waals surface area contributed by atoms with Crippen molar-refractivity contribution < 1.29 is 38.6 Å². The number of methoxy groups -OCH3 is 2. The first-order chi connectivity index (χ1) is 16.2. The highest BCUT2D eigenvalue weighted by Crippen LogP contribution is 2.40. The van der Waals surface area contributed by atoms with Gasteiger partial charge in [-0.15, -0.1) is 0 Å². The van der Waals surface area contributed by atoms with Gasteiger partial charge in [-0.3, -0.25) is 19.5 Å². The van der Waals surface area contributed by atoms with Gasteiger partial charge in [0.2, 0.25) is 5.69 Å². The number of carbonyl (C=O) groups excluding carboxylic acids is 1. The predicted octanol–water partition coefficient (Wildman–Crippen LogP) is 1.44. The number of ether oxygens (including phenoxy) is 3. The Morgan fingerprint density at radius 3 is 2.62 bits per heavy atom.